The SMILES string of the molecule is CN(c1ccncc1)c1ccc(CNC(=O)/C=C/c2cccc(Cl)c2)cc1. The molecule has 0 spiro atoms. The van der Waals surface area contributed by atoms with Gasteiger partial charge in [0, 0.05) is 48.5 Å². The van der Waals surface area contributed by atoms with Crippen molar-refractivity contribution in [2.75, 3.05) is 11.9 Å². The van der Waals surface area contributed by atoms with E-state index in [0.717, 1.165) is 22.5 Å². The van der Waals surface area contributed by atoms with Crippen LogP contribution in [0.3, 0.4) is 0 Å². The van der Waals surface area contributed by atoms with Gasteiger partial charge in [-0.25, -0.2) is 0 Å². The number of pyridine rings is 1. The summed E-state index contributed by atoms with van der Waals surface area (Å²) in [5.41, 5.74) is 4.06. The molecule has 0 fully saturated rings. The van der Waals surface area contributed by atoms with Gasteiger partial charge in [-0.15, -0.1) is 0 Å². The number of anilines is 2. The summed E-state index contributed by atoms with van der Waals surface area (Å²) in [6.45, 7) is 0.470. The molecule has 4 nitrogen and oxygen atoms in total. The summed E-state index contributed by atoms with van der Waals surface area (Å²) < 4.78 is 0. The molecule has 3 aromatic rings. The minimum absolute atomic E-state index is 0.145. The molecule has 1 amide bonds. The zero-order chi connectivity index (χ0) is 19.1. The van der Waals surface area contributed by atoms with E-state index in [9.17, 15) is 4.79 Å². The Morgan fingerprint density at radius 3 is 2.48 bits per heavy atom. The number of amides is 1. The van der Waals surface area contributed by atoms with Gasteiger partial charge in [0.15, 0.2) is 0 Å². The highest BCUT2D eigenvalue weighted by atomic mass is 35.5. The summed E-state index contributed by atoms with van der Waals surface area (Å²) in [6.07, 6.45) is 6.80. The smallest absolute Gasteiger partial charge is 0.244 e. The van der Waals surface area contributed by atoms with Gasteiger partial charge in [0.05, 0.1) is 0 Å². The van der Waals surface area contributed by atoms with E-state index in [0.29, 0.717) is 11.6 Å². The highest BCUT2D eigenvalue weighted by molar-refractivity contribution is 6.30. The molecule has 0 bridgehead atoms. The van der Waals surface area contributed by atoms with Crippen LogP contribution in [0.1, 0.15) is 11.1 Å². The Morgan fingerprint density at radius 2 is 1.78 bits per heavy atom. The van der Waals surface area contributed by atoms with Crippen LogP contribution in [0.2, 0.25) is 5.02 Å². The predicted octanol–water partition coefficient (Wildman–Crippen LogP) is 4.83. The van der Waals surface area contributed by atoms with Gasteiger partial charge in [0.2, 0.25) is 5.91 Å². The number of nitrogens with zero attached hydrogens (tertiary/aromatic N) is 2. The second kappa shape index (κ2) is 9.01. The van der Waals surface area contributed by atoms with E-state index in [1.807, 2.05) is 61.6 Å². The largest absolute Gasteiger partial charge is 0.348 e. The van der Waals surface area contributed by atoms with Crippen molar-refractivity contribution in [1.82, 2.24) is 10.3 Å². The molecular weight excluding hydrogens is 358 g/mol. The molecule has 136 valence electrons. The number of halogens is 1. The zero-order valence-electron chi connectivity index (χ0n) is 15.0. The number of hydrogen-bond donors (Lipinski definition) is 1. The Kier molecular flexibility index (Phi) is 6.23. The lowest BCUT2D eigenvalue weighted by atomic mass is 10.2. The fourth-order valence-corrected chi connectivity index (χ4v) is 2.78. The minimum Gasteiger partial charge on any atom is -0.348 e. The Balaban J connectivity index is 1.55. The predicted molar refractivity (Wildman–Crippen MR) is 111 cm³/mol. The van der Waals surface area contributed by atoms with E-state index < -0.39 is 0 Å². The van der Waals surface area contributed by atoms with Gasteiger partial charge in [0.1, 0.15) is 0 Å². The maximum atomic E-state index is 12.0. The molecule has 0 atom stereocenters. The van der Waals surface area contributed by atoms with Crippen molar-refractivity contribution in [3.05, 3.63) is 95.3 Å². The third-order valence-electron chi connectivity index (χ3n) is 4.12. The number of rotatable bonds is 6. The first-order valence-corrected chi connectivity index (χ1v) is 8.94. The maximum absolute atomic E-state index is 12.0. The standard InChI is InChI=1S/C22H20ClN3O/c1-26(21-11-13-24-14-12-21)20-8-5-18(6-9-20)16-25-22(27)10-7-17-3-2-4-19(23)15-17/h2-15H,16H2,1H3,(H,25,27)/b10-7+. The quantitative estimate of drug-likeness (QED) is 0.625. The van der Waals surface area contributed by atoms with E-state index >= 15 is 0 Å². The van der Waals surface area contributed by atoms with E-state index in [1.54, 1.807) is 24.5 Å². The third-order valence-corrected chi connectivity index (χ3v) is 4.35. The number of hydrogen-bond acceptors (Lipinski definition) is 3. The summed E-state index contributed by atoms with van der Waals surface area (Å²) in [5.74, 6) is -0.145. The minimum atomic E-state index is -0.145. The van der Waals surface area contributed by atoms with Gasteiger partial charge in [0.25, 0.3) is 0 Å². The van der Waals surface area contributed by atoms with Gasteiger partial charge in [-0.05, 0) is 53.6 Å². The molecule has 2 aromatic carbocycles. The molecular formula is C22H20ClN3O. The fraction of sp³-hybridized carbons (Fsp3) is 0.0909. The summed E-state index contributed by atoms with van der Waals surface area (Å²) in [7, 11) is 2.01. The fourth-order valence-electron chi connectivity index (χ4n) is 2.58. The van der Waals surface area contributed by atoms with Crippen LogP contribution in [0.5, 0.6) is 0 Å². The van der Waals surface area contributed by atoms with Crippen molar-refractivity contribution in [3.8, 4) is 0 Å². The number of carbonyl (C=O) groups excluding carboxylic acids is 1. The molecule has 0 aliphatic rings. The van der Waals surface area contributed by atoms with Crippen molar-refractivity contribution in [1.29, 1.82) is 0 Å². The third kappa shape index (κ3) is 5.43. The molecule has 0 unspecified atom stereocenters. The molecule has 0 radical (unpaired) electrons. The van der Waals surface area contributed by atoms with Crippen LogP contribution in [-0.4, -0.2) is 17.9 Å². The van der Waals surface area contributed by atoms with Gasteiger partial charge >= 0.3 is 0 Å². The molecule has 3 rings (SSSR count). The van der Waals surface area contributed by atoms with Crippen LogP contribution < -0.4 is 10.2 Å². The van der Waals surface area contributed by atoms with Crippen molar-refractivity contribution in [2.24, 2.45) is 0 Å². The molecule has 1 N–H and O–H groups in total. The van der Waals surface area contributed by atoms with Crippen LogP contribution in [0.15, 0.2) is 79.1 Å². The number of nitrogens with one attached hydrogen (secondary N) is 1. The van der Waals surface area contributed by atoms with Gasteiger partial charge in [-0.2, -0.15) is 0 Å². The van der Waals surface area contributed by atoms with Gasteiger partial charge < -0.3 is 10.2 Å². The monoisotopic (exact) mass is 377 g/mol. The van der Waals surface area contributed by atoms with E-state index in [4.69, 9.17) is 11.6 Å². The lowest BCUT2D eigenvalue weighted by molar-refractivity contribution is -0.116. The van der Waals surface area contributed by atoms with Crippen LogP contribution in [0, 0.1) is 0 Å². The Hall–Kier alpha value is -3.11. The second-order valence-electron chi connectivity index (χ2n) is 6.04. The Bertz CT molecular complexity index is 924. The van der Waals surface area contributed by atoms with Crippen molar-refractivity contribution >= 4 is 35.0 Å². The first-order valence-electron chi connectivity index (χ1n) is 8.56. The van der Waals surface area contributed by atoms with E-state index in [2.05, 4.69) is 15.2 Å². The topological polar surface area (TPSA) is 45.2 Å². The molecule has 27 heavy (non-hydrogen) atoms. The molecule has 1 heterocycles. The first kappa shape index (κ1) is 18.7. The number of carbonyl (C=O) groups is 1. The highest BCUT2D eigenvalue weighted by Gasteiger charge is 2.04. The van der Waals surface area contributed by atoms with Crippen LogP contribution in [0.25, 0.3) is 6.08 Å². The average molecular weight is 378 g/mol. The van der Waals surface area contributed by atoms with Crippen LogP contribution in [-0.2, 0) is 11.3 Å². The average Bonchev–Trinajstić information content (AvgIpc) is 2.71. The van der Waals surface area contributed by atoms with Crippen LogP contribution in [0.4, 0.5) is 11.4 Å². The number of benzene rings is 2. The highest BCUT2D eigenvalue weighted by Crippen LogP contribution is 2.22. The molecule has 0 aliphatic carbocycles. The Morgan fingerprint density at radius 1 is 1.07 bits per heavy atom. The molecule has 1 aromatic heterocycles. The zero-order valence-corrected chi connectivity index (χ0v) is 15.7. The van der Waals surface area contributed by atoms with E-state index in [1.165, 1.54) is 6.08 Å². The normalized spacial score (nSPS) is 10.7. The summed E-state index contributed by atoms with van der Waals surface area (Å²) in [4.78, 5) is 18.1. The Labute approximate surface area is 164 Å². The summed E-state index contributed by atoms with van der Waals surface area (Å²) in [5, 5.41) is 3.53. The van der Waals surface area contributed by atoms with Crippen molar-refractivity contribution in [3.63, 3.8) is 0 Å². The molecule has 0 saturated carbocycles. The molecule has 5 heteroatoms. The molecule has 0 saturated heterocycles. The molecule has 0 aliphatic heterocycles. The van der Waals surface area contributed by atoms with Gasteiger partial charge in [-0.1, -0.05) is 35.9 Å². The van der Waals surface area contributed by atoms with E-state index in [-0.39, 0.29) is 5.91 Å². The van der Waals surface area contributed by atoms with Crippen LogP contribution >= 0.6 is 11.6 Å². The van der Waals surface area contributed by atoms with Crippen molar-refractivity contribution < 1.29 is 4.79 Å². The lowest BCUT2D eigenvalue weighted by Crippen LogP contribution is -2.20. The second-order valence-corrected chi connectivity index (χ2v) is 6.47. The maximum Gasteiger partial charge on any atom is 0.244 e. The summed E-state index contributed by atoms with van der Waals surface area (Å²) >= 11 is 5.93. The summed E-state index contributed by atoms with van der Waals surface area (Å²) in [6, 6.07) is 19.4. The van der Waals surface area contributed by atoms with Crippen molar-refractivity contribution in [2.45, 2.75) is 6.54 Å². The first-order chi connectivity index (χ1) is 13.1. The lowest BCUT2D eigenvalue weighted by Gasteiger charge is -2.19. The van der Waals surface area contributed by atoms with Gasteiger partial charge in [-0.3, -0.25) is 9.78 Å². The number of aromatic nitrogens is 1.